The van der Waals surface area contributed by atoms with Gasteiger partial charge in [-0.15, -0.1) is 0 Å². The van der Waals surface area contributed by atoms with Crippen LogP contribution in [-0.2, 0) is 4.74 Å². The maximum absolute atomic E-state index is 14.6. The number of carbonyl (C=O) groups excluding carboxylic acids is 1. The molecule has 40 heavy (non-hydrogen) atoms. The zero-order valence-corrected chi connectivity index (χ0v) is 24.8. The minimum absolute atomic E-state index is 0.220. The molecule has 3 N–H and O–H groups in total. The van der Waals surface area contributed by atoms with E-state index in [1.54, 1.807) is 43.5 Å². The Labute approximate surface area is 238 Å². The van der Waals surface area contributed by atoms with E-state index in [4.69, 9.17) is 9.47 Å². The third-order valence-electron chi connectivity index (χ3n) is 5.62. The zero-order valence-electron chi connectivity index (χ0n) is 24.8. The summed E-state index contributed by atoms with van der Waals surface area (Å²) in [5, 5.41) is 8.32. The third-order valence-corrected chi connectivity index (χ3v) is 5.62. The summed E-state index contributed by atoms with van der Waals surface area (Å²) in [5.74, 6) is -0.151. The van der Waals surface area contributed by atoms with Crippen LogP contribution in [0.4, 0.5) is 30.6 Å². The number of methoxy groups -OCH3 is 1. The number of hydrogen-bond donors (Lipinski definition) is 3. The Kier molecular flexibility index (Phi) is 16.2. The number of ether oxygens (including phenoxy) is 2. The number of anilines is 2. The molecule has 7 nitrogen and oxygen atoms in total. The van der Waals surface area contributed by atoms with E-state index in [0.29, 0.717) is 28.5 Å². The molecule has 0 atom stereocenters. The highest BCUT2D eigenvalue weighted by molar-refractivity contribution is 5.90. The molecule has 1 heterocycles. The Balaban J connectivity index is 0.000000756. The molecule has 0 aromatic heterocycles. The van der Waals surface area contributed by atoms with Gasteiger partial charge < -0.3 is 25.4 Å². The van der Waals surface area contributed by atoms with Gasteiger partial charge in [0.1, 0.15) is 17.2 Å². The fraction of sp³-hybridized carbons (Fsp3) is 0.484. The Hall–Kier alpha value is -3.46. The lowest BCUT2D eigenvalue weighted by Gasteiger charge is -2.15. The normalized spacial score (nSPS) is 12.5. The van der Waals surface area contributed by atoms with Gasteiger partial charge in [-0.2, -0.15) is 0 Å². The second kappa shape index (κ2) is 18.8. The number of benzene rings is 2. The van der Waals surface area contributed by atoms with Crippen LogP contribution in [0, 0.1) is 5.82 Å². The number of rotatable bonds is 10. The van der Waals surface area contributed by atoms with Gasteiger partial charge in [0.15, 0.2) is 0 Å². The molecule has 0 aliphatic carbocycles. The summed E-state index contributed by atoms with van der Waals surface area (Å²) in [5.41, 5.74) is 0.818. The van der Waals surface area contributed by atoms with Crippen LogP contribution in [0.25, 0.3) is 5.70 Å². The largest absolute Gasteiger partial charge is 0.497 e. The van der Waals surface area contributed by atoms with Crippen molar-refractivity contribution in [3.63, 3.8) is 0 Å². The van der Waals surface area contributed by atoms with E-state index in [1.165, 1.54) is 52.7 Å². The van der Waals surface area contributed by atoms with E-state index in [2.05, 4.69) is 41.4 Å². The number of hydrogen-bond acceptors (Lipinski definition) is 5. The first-order valence-electron chi connectivity index (χ1n) is 13.8. The van der Waals surface area contributed by atoms with Crippen LogP contribution in [0.1, 0.15) is 72.3 Å². The summed E-state index contributed by atoms with van der Waals surface area (Å²) >= 11 is 0. The fourth-order valence-electron chi connectivity index (χ4n) is 3.26. The van der Waals surface area contributed by atoms with Crippen molar-refractivity contribution in [2.24, 2.45) is 4.99 Å². The summed E-state index contributed by atoms with van der Waals surface area (Å²) in [6.45, 7) is 15.2. The average molecular weight is 561 g/mol. The Bertz CT molecular complexity index is 1050. The predicted molar refractivity (Wildman–Crippen MR) is 163 cm³/mol. The second-order valence-electron chi connectivity index (χ2n) is 9.74. The molecular formula is C31H46F2N4O3. The number of urea groups is 1. The fourth-order valence-corrected chi connectivity index (χ4v) is 3.26. The van der Waals surface area contributed by atoms with Crippen molar-refractivity contribution in [3.8, 4) is 5.75 Å². The molecule has 9 heteroatoms. The molecule has 1 aliphatic heterocycles. The average Bonchev–Trinajstić information content (AvgIpc) is 3.49. The Morgan fingerprint density at radius 2 is 1.68 bits per heavy atom. The predicted octanol–water partition coefficient (Wildman–Crippen LogP) is 8.50. The minimum Gasteiger partial charge on any atom is -0.497 e. The van der Waals surface area contributed by atoms with Crippen LogP contribution in [0.3, 0.4) is 0 Å². The lowest BCUT2D eigenvalue weighted by Crippen LogP contribution is -2.32. The van der Waals surface area contributed by atoms with Crippen LogP contribution in [0.5, 0.6) is 5.75 Å². The minimum atomic E-state index is -1.34. The first kappa shape index (κ1) is 34.6. The smallest absolute Gasteiger partial charge is 0.319 e. The molecule has 1 aliphatic rings. The molecule has 0 bridgehead atoms. The van der Waals surface area contributed by atoms with Gasteiger partial charge in [0, 0.05) is 55.2 Å². The van der Waals surface area contributed by atoms with Crippen LogP contribution < -0.4 is 20.7 Å². The van der Waals surface area contributed by atoms with Crippen molar-refractivity contribution in [2.75, 3.05) is 37.5 Å². The standard InChI is InChI=1S/C23H28F2N4O2.C4H8O.C4H10/c1-6-26-20-14-18(31-5)13-19(24)21(20)15(2)28-16-7-9-17(10-8-16)29-22(30)27-12-11-23(3,4)25;1-2-4-5-3-1;1-3-4-2/h6-10,13-14,28H,2,11-12H2,1,3-5H3,(H2,27,29,30);1-4H2;3-4H2,1-2H3. The highest BCUT2D eigenvalue weighted by Gasteiger charge is 2.16. The first-order valence-corrected chi connectivity index (χ1v) is 13.8. The van der Waals surface area contributed by atoms with Gasteiger partial charge in [-0.3, -0.25) is 4.99 Å². The Morgan fingerprint density at radius 1 is 1.10 bits per heavy atom. The summed E-state index contributed by atoms with van der Waals surface area (Å²) in [7, 11) is 1.46. The number of unbranched alkanes of at least 4 members (excludes halogenated alkanes) is 1. The van der Waals surface area contributed by atoms with Gasteiger partial charge in [-0.05, 0) is 64.3 Å². The number of amides is 2. The van der Waals surface area contributed by atoms with E-state index in [9.17, 15) is 13.6 Å². The van der Waals surface area contributed by atoms with E-state index >= 15 is 0 Å². The number of carbonyl (C=O) groups is 1. The van der Waals surface area contributed by atoms with Gasteiger partial charge in [0.25, 0.3) is 0 Å². The lowest BCUT2D eigenvalue weighted by molar-refractivity contribution is 0.198. The molecular weight excluding hydrogens is 514 g/mol. The highest BCUT2D eigenvalue weighted by Crippen LogP contribution is 2.33. The van der Waals surface area contributed by atoms with Gasteiger partial charge >= 0.3 is 6.03 Å². The number of aliphatic imine (C=N–C) groups is 1. The maximum Gasteiger partial charge on any atom is 0.319 e. The summed E-state index contributed by atoms with van der Waals surface area (Å²) in [6.07, 6.45) is 6.97. The summed E-state index contributed by atoms with van der Waals surface area (Å²) in [6, 6.07) is 9.28. The maximum atomic E-state index is 14.6. The Morgan fingerprint density at radius 3 is 2.12 bits per heavy atom. The lowest BCUT2D eigenvalue weighted by atomic mass is 10.1. The highest BCUT2D eigenvalue weighted by atomic mass is 19.1. The summed E-state index contributed by atoms with van der Waals surface area (Å²) < 4.78 is 38.1. The van der Waals surface area contributed by atoms with E-state index in [0.717, 1.165) is 13.2 Å². The quantitative estimate of drug-likeness (QED) is 0.254. The van der Waals surface area contributed by atoms with Crippen molar-refractivity contribution in [3.05, 3.63) is 54.4 Å². The molecule has 3 rings (SSSR count). The molecule has 1 saturated heterocycles. The number of nitrogens with one attached hydrogen (secondary N) is 3. The molecule has 2 aromatic rings. The third kappa shape index (κ3) is 14.1. The van der Waals surface area contributed by atoms with Gasteiger partial charge in [-0.1, -0.05) is 33.3 Å². The number of alkyl halides is 1. The van der Waals surface area contributed by atoms with Crippen molar-refractivity contribution < 1.29 is 23.0 Å². The number of nitrogens with zero attached hydrogens (tertiary/aromatic N) is 1. The van der Waals surface area contributed by atoms with Gasteiger partial charge in [0.2, 0.25) is 0 Å². The molecule has 2 amide bonds. The van der Waals surface area contributed by atoms with Crippen molar-refractivity contribution >= 4 is 35.0 Å². The SMILES string of the molecule is C1CCOC1.C=C(Nc1ccc(NC(=O)NCCC(C)(C)F)cc1)c1c(F)cc(OC)cc1N=CC.CCCC. The molecule has 0 radical (unpaired) electrons. The molecule has 2 aromatic carbocycles. The van der Waals surface area contributed by atoms with E-state index in [1.807, 2.05) is 0 Å². The van der Waals surface area contributed by atoms with Crippen LogP contribution in [0.2, 0.25) is 0 Å². The monoisotopic (exact) mass is 560 g/mol. The van der Waals surface area contributed by atoms with Gasteiger partial charge in [0.05, 0.1) is 18.4 Å². The molecule has 0 spiro atoms. The van der Waals surface area contributed by atoms with Crippen LogP contribution >= 0.6 is 0 Å². The zero-order chi connectivity index (χ0) is 30.0. The molecule has 1 fully saturated rings. The molecule has 0 saturated carbocycles. The van der Waals surface area contributed by atoms with E-state index in [-0.39, 0.29) is 18.5 Å². The van der Waals surface area contributed by atoms with Crippen LogP contribution in [-0.4, -0.2) is 44.8 Å². The summed E-state index contributed by atoms with van der Waals surface area (Å²) in [4.78, 5) is 16.1. The molecule has 222 valence electrons. The molecule has 0 unspecified atom stereocenters. The van der Waals surface area contributed by atoms with Crippen LogP contribution in [0.15, 0.2) is 48.0 Å². The van der Waals surface area contributed by atoms with Crippen molar-refractivity contribution in [1.82, 2.24) is 5.32 Å². The number of halogens is 2. The van der Waals surface area contributed by atoms with Crippen molar-refractivity contribution in [1.29, 1.82) is 0 Å². The topological polar surface area (TPSA) is 84.0 Å². The van der Waals surface area contributed by atoms with Crippen molar-refractivity contribution in [2.45, 2.75) is 72.4 Å². The first-order chi connectivity index (χ1) is 19.0. The van der Waals surface area contributed by atoms with Gasteiger partial charge in [-0.25, -0.2) is 13.6 Å². The van der Waals surface area contributed by atoms with E-state index < -0.39 is 17.5 Å². The second-order valence-corrected chi connectivity index (χ2v) is 9.74.